The Labute approximate surface area is 170 Å². The molecule has 2 heterocycles. The standard InChI is InChI=1S/C23H27N3OS/c1-28-17-22-24-20-9-5-6-10-21(20)26(22)16-23(27)25-13-11-19(12-14-25)15-18-7-3-2-4-8-18/h2-10,19H,11-17H2,1H3. The van der Waals surface area contributed by atoms with Crippen LogP contribution in [0.1, 0.15) is 24.2 Å². The average Bonchev–Trinajstić information content (AvgIpc) is 3.07. The first kappa shape index (κ1) is 19.1. The lowest BCUT2D eigenvalue weighted by Crippen LogP contribution is -2.40. The Morgan fingerprint density at radius 2 is 1.79 bits per heavy atom. The fourth-order valence-corrected chi connectivity index (χ4v) is 4.59. The lowest BCUT2D eigenvalue weighted by Gasteiger charge is -2.32. The molecule has 28 heavy (non-hydrogen) atoms. The van der Waals surface area contributed by atoms with E-state index in [1.807, 2.05) is 23.1 Å². The Hall–Kier alpha value is -2.27. The number of imidazole rings is 1. The molecule has 0 N–H and O–H groups in total. The van der Waals surface area contributed by atoms with Crippen LogP contribution in [0.25, 0.3) is 11.0 Å². The number of hydrogen-bond acceptors (Lipinski definition) is 3. The fourth-order valence-electron chi connectivity index (χ4n) is 4.11. The van der Waals surface area contributed by atoms with Crippen molar-refractivity contribution in [3.05, 3.63) is 66.0 Å². The Bertz CT molecular complexity index is 929. The number of carbonyl (C=O) groups excluding carboxylic acids is 1. The van der Waals surface area contributed by atoms with Crippen molar-refractivity contribution < 1.29 is 4.79 Å². The van der Waals surface area contributed by atoms with E-state index in [1.165, 1.54) is 5.56 Å². The van der Waals surface area contributed by atoms with Gasteiger partial charge in [0.1, 0.15) is 12.4 Å². The highest BCUT2D eigenvalue weighted by Gasteiger charge is 2.24. The maximum absolute atomic E-state index is 13.0. The molecule has 0 bridgehead atoms. The van der Waals surface area contributed by atoms with E-state index in [4.69, 9.17) is 4.98 Å². The topological polar surface area (TPSA) is 38.1 Å². The van der Waals surface area contributed by atoms with E-state index >= 15 is 0 Å². The number of nitrogens with zero attached hydrogens (tertiary/aromatic N) is 3. The second kappa shape index (κ2) is 8.82. The summed E-state index contributed by atoms with van der Waals surface area (Å²) < 4.78 is 2.10. The maximum atomic E-state index is 13.0. The molecule has 1 aromatic heterocycles. The molecule has 1 fully saturated rings. The molecule has 2 aromatic carbocycles. The summed E-state index contributed by atoms with van der Waals surface area (Å²) in [6, 6.07) is 18.8. The normalized spacial score (nSPS) is 15.2. The van der Waals surface area contributed by atoms with Gasteiger partial charge in [0.15, 0.2) is 0 Å². The number of likely N-dealkylation sites (tertiary alicyclic amines) is 1. The van der Waals surface area contributed by atoms with Gasteiger partial charge >= 0.3 is 0 Å². The first-order chi connectivity index (χ1) is 13.7. The van der Waals surface area contributed by atoms with Crippen molar-refractivity contribution in [3.8, 4) is 0 Å². The van der Waals surface area contributed by atoms with Crippen LogP contribution in [-0.4, -0.2) is 39.7 Å². The van der Waals surface area contributed by atoms with Gasteiger partial charge in [-0.15, -0.1) is 0 Å². The summed E-state index contributed by atoms with van der Waals surface area (Å²) in [5.74, 6) is 2.69. The van der Waals surface area contributed by atoms with Gasteiger partial charge in [-0.05, 0) is 49.1 Å². The number of piperidine rings is 1. The highest BCUT2D eigenvalue weighted by molar-refractivity contribution is 7.97. The summed E-state index contributed by atoms with van der Waals surface area (Å²) in [6.45, 7) is 2.11. The Balaban J connectivity index is 1.40. The number of benzene rings is 2. The molecule has 4 nitrogen and oxygen atoms in total. The lowest BCUT2D eigenvalue weighted by molar-refractivity contribution is -0.133. The summed E-state index contributed by atoms with van der Waals surface area (Å²) in [6.07, 6.45) is 5.36. The van der Waals surface area contributed by atoms with E-state index in [-0.39, 0.29) is 5.91 Å². The molecule has 146 valence electrons. The van der Waals surface area contributed by atoms with E-state index < -0.39 is 0 Å². The molecule has 1 aliphatic heterocycles. The fraction of sp³-hybridized carbons (Fsp3) is 0.391. The highest BCUT2D eigenvalue weighted by atomic mass is 32.2. The van der Waals surface area contributed by atoms with Crippen LogP contribution >= 0.6 is 11.8 Å². The second-order valence-corrected chi connectivity index (χ2v) is 8.42. The Kier molecular flexibility index (Phi) is 6.01. The molecule has 1 aliphatic rings. The van der Waals surface area contributed by atoms with Crippen molar-refractivity contribution in [2.75, 3.05) is 19.3 Å². The minimum Gasteiger partial charge on any atom is -0.341 e. The van der Waals surface area contributed by atoms with Gasteiger partial charge < -0.3 is 9.47 Å². The average molecular weight is 394 g/mol. The van der Waals surface area contributed by atoms with Gasteiger partial charge in [0.2, 0.25) is 5.91 Å². The number of hydrogen-bond donors (Lipinski definition) is 0. The summed E-state index contributed by atoms with van der Waals surface area (Å²) in [5, 5.41) is 0. The van der Waals surface area contributed by atoms with Gasteiger partial charge in [0.05, 0.1) is 16.8 Å². The molecular weight excluding hydrogens is 366 g/mol. The van der Waals surface area contributed by atoms with Crippen molar-refractivity contribution in [1.82, 2.24) is 14.5 Å². The molecule has 0 saturated carbocycles. The quantitative estimate of drug-likeness (QED) is 0.624. The molecule has 0 spiro atoms. The van der Waals surface area contributed by atoms with Crippen LogP contribution in [0.3, 0.4) is 0 Å². The van der Waals surface area contributed by atoms with Gasteiger partial charge in [-0.1, -0.05) is 42.5 Å². The first-order valence-corrected chi connectivity index (χ1v) is 11.4. The van der Waals surface area contributed by atoms with Crippen molar-refractivity contribution in [2.45, 2.75) is 31.6 Å². The third-order valence-corrected chi connectivity index (χ3v) is 6.18. The predicted molar refractivity (Wildman–Crippen MR) is 116 cm³/mol. The van der Waals surface area contributed by atoms with Crippen LogP contribution in [0.5, 0.6) is 0 Å². The van der Waals surface area contributed by atoms with Crippen LogP contribution in [0.15, 0.2) is 54.6 Å². The summed E-state index contributed by atoms with van der Waals surface area (Å²) >= 11 is 1.74. The summed E-state index contributed by atoms with van der Waals surface area (Å²) in [5.41, 5.74) is 3.43. The largest absolute Gasteiger partial charge is 0.341 e. The monoisotopic (exact) mass is 393 g/mol. The zero-order chi connectivity index (χ0) is 19.3. The van der Waals surface area contributed by atoms with E-state index in [0.717, 1.165) is 55.0 Å². The van der Waals surface area contributed by atoms with Crippen molar-refractivity contribution >= 4 is 28.7 Å². The minimum absolute atomic E-state index is 0.212. The number of thioether (sulfide) groups is 1. The van der Waals surface area contributed by atoms with E-state index in [2.05, 4.69) is 47.2 Å². The molecule has 1 saturated heterocycles. The molecule has 5 heteroatoms. The Morgan fingerprint density at radius 1 is 1.07 bits per heavy atom. The third kappa shape index (κ3) is 4.25. The van der Waals surface area contributed by atoms with E-state index in [0.29, 0.717) is 12.5 Å². The van der Waals surface area contributed by atoms with Gasteiger partial charge in [-0.3, -0.25) is 4.79 Å². The molecule has 0 unspecified atom stereocenters. The van der Waals surface area contributed by atoms with Gasteiger partial charge in [0.25, 0.3) is 0 Å². The molecule has 3 aromatic rings. The third-order valence-electron chi connectivity index (χ3n) is 5.63. The number of amides is 1. The first-order valence-electron chi connectivity index (χ1n) is 9.99. The van der Waals surface area contributed by atoms with Crippen LogP contribution in [-0.2, 0) is 23.5 Å². The number of para-hydroxylation sites is 2. The van der Waals surface area contributed by atoms with Crippen molar-refractivity contribution in [2.24, 2.45) is 5.92 Å². The number of carbonyl (C=O) groups is 1. The summed E-state index contributed by atoms with van der Waals surface area (Å²) in [4.78, 5) is 19.8. The molecule has 0 radical (unpaired) electrons. The smallest absolute Gasteiger partial charge is 0.242 e. The van der Waals surface area contributed by atoms with Gasteiger partial charge in [-0.2, -0.15) is 11.8 Å². The second-order valence-electron chi connectivity index (χ2n) is 7.55. The van der Waals surface area contributed by atoms with Crippen LogP contribution in [0, 0.1) is 5.92 Å². The minimum atomic E-state index is 0.212. The SMILES string of the molecule is CSCc1nc2ccccc2n1CC(=O)N1CCC(Cc2ccccc2)CC1. The highest BCUT2D eigenvalue weighted by Crippen LogP contribution is 2.23. The number of fused-ring (bicyclic) bond motifs is 1. The molecule has 4 rings (SSSR count). The number of aromatic nitrogens is 2. The van der Waals surface area contributed by atoms with E-state index in [9.17, 15) is 4.79 Å². The van der Waals surface area contributed by atoms with Crippen molar-refractivity contribution in [1.29, 1.82) is 0 Å². The zero-order valence-corrected chi connectivity index (χ0v) is 17.2. The summed E-state index contributed by atoms with van der Waals surface area (Å²) in [7, 11) is 0. The molecule has 1 amide bonds. The maximum Gasteiger partial charge on any atom is 0.242 e. The van der Waals surface area contributed by atoms with Crippen molar-refractivity contribution in [3.63, 3.8) is 0 Å². The zero-order valence-electron chi connectivity index (χ0n) is 16.4. The predicted octanol–water partition coefficient (Wildman–Crippen LogP) is 4.38. The van der Waals surface area contributed by atoms with Crippen LogP contribution in [0.4, 0.5) is 0 Å². The van der Waals surface area contributed by atoms with Gasteiger partial charge in [-0.25, -0.2) is 4.98 Å². The molecular formula is C23H27N3OS. The van der Waals surface area contributed by atoms with Crippen LogP contribution in [0.2, 0.25) is 0 Å². The molecule has 0 aliphatic carbocycles. The van der Waals surface area contributed by atoms with E-state index in [1.54, 1.807) is 11.8 Å². The number of rotatable bonds is 6. The van der Waals surface area contributed by atoms with Gasteiger partial charge in [0, 0.05) is 13.1 Å². The Morgan fingerprint density at radius 3 is 2.54 bits per heavy atom. The molecule has 0 atom stereocenters. The van der Waals surface area contributed by atoms with Crippen LogP contribution < -0.4 is 0 Å². The lowest BCUT2D eigenvalue weighted by atomic mass is 9.90.